The molecule has 0 aliphatic rings. The van der Waals surface area contributed by atoms with Crippen LogP contribution in [0.5, 0.6) is 34.5 Å². The minimum absolute atomic E-state index is 0.00809. The van der Waals surface area contributed by atoms with E-state index in [-0.39, 0.29) is 67.2 Å². The summed E-state index contributed by atoms with van der Waals surface area (Å²) in [5, 5.41) is 68.3. The van der Waals surface area contributed by atoms with Gasteiger partial charge in [0.1, 0.15) is 34.5 Å². The molecule has 0 saturated heterocycles. The van der Waals surface area contributed by atoms with Crippen LogP contribution < -0.4 is 0 Å². The van der Waals surface area contributed by atoms with E-state index in [2.05, 4.69) is 263 Å². The van der Waals surface area contributed by atoms with Gasteiger partial charge in [-0.3, -0.25) is 30.0 Å². The number of phenolic OH excluding ortho intramolecular Hbond substituents is 6. The number of benzene rings is 10. The van der Waals surface area contributed by atoms with Gasteiger partial charge >= 0.3 is 114 Å². The van der Waals surface area contributed by atoms with Gasteiger partial charge in [0, 0.05) is 104 Å². The Bertz CT molecular complexity index is 5220. The zero-order valence-corrected chi connectivity index (χ0v) is 94.5. The Labute approximate surface area is 841 Å². The zero-order valence-electron chi connectivity index (χ0n) is 82.6. The van der Waals surface area contributed by atoms with Crippen molar-refractivity contribution in [1.29, 1.82) is 0 Å². The molecular formula is C110H142Cl6N6O6Zr3. The Kier molecular flexibility index (Phi) is 46.0. The van der Waals surface area contributed by atoms with Crippen LogP contribution in [0.15, 0.2) is 200 Å². The predicted molar refractivity (Wildman–Crippen MR) is 556 cm³/mol. The normalized spacial score (nSPS) is 12.8. The minimum atomic E-state index is -0.826. The fourth-order valence-electron chi connectivity index (χ4n) is 15.2. The summed E-state index contributed by atoms with van der Waals surface area (Å²) in [6.07, 6.45) is 15.8. The fourth-order valence-corrected chi connectivity index (χ4v) is 15.2. The van der Waals surface area contributed by atoms with Crippen molar-refractivity contribution in [3.8, 4) is 34.5 Å². The number of aromatic hydroxyl groups is 6. The number of aliphatic imine (C=N–C) groups is 6. The molecule has 10 rings (SSSR count). The van der Waals surface area contributed by atoms with Crippen LogP contribution >= 0.6 is 51.1 Å². The number of rotatable bonds is 24. The summed E-state index contributed by atoms with van der Waals surface area (Å²) in [5.41, 5.74) is 19.7. The van der Waals surface area contributed by atoms with Gasteiger partial charge in [0.25, 0.3) is 0 Å². The number of hydrogen-bond donors (Lipinski definition) is 6. The van der Waals surface area contributed by atoms with Crippen molar-refractivity contribution in [3.63, 3.8) is 0 Å². The van der Waals surface area contributed by atoms with E-state index >= 15 is 0 Å². The summed E-state index contributed by atoms with van der Waals surface area (Å²) in [6.45, 7) is 59.7. The summed E-state index contributed by atoms with van der Waals surface area (Å²) in [4.78, 5) is 29.4. The molecule has 0 unspecified atom stereocenters. The number of aryl methyl sites for hydroxylation is 6. The third-order valence-corrected chi connectivity index (χ3v) is 22.4. The number of fused-ring (bicyclic) bond motifs is 1. The molecule has 0 aromatic heterocycles. The number of halogens is 6. The Hall–Kier alpha value is -6.33. The van der Waals surface area contributed by atoms with E-state index in [1.807, 2.05) is 125 Å². The van der Waals surface area contributed by atoms with Crippen LogP contribution in [-0.4, -0.2) is 91.1 Å². The standard InChI is InChI=1S/C42H52N2O2.C36H42N2O2.C32H48N2O2.6ClH.3Zr/c1-29-21-33(39(45)37(23-29)41(3,4)5)27-43-35(25-31-15-11-9-12-16-31)19-20-36(26-32-17-13-10-14-18-32)44-28-34-22-30(2)24-38(40(34)46)42(6,7)8;1-23-13-29(33(39)31(15-23)35(3,4)5)21-37-19-27-17-25-11-9-10-12-26(25)18-28(27)20-38-22-30-14-24(2)16-32(34(30)40)36(6,7)8;1-21-15-23(27(35)25(17-21)29(3,4)5)19-33-31(9,10)13-14-32(11,12)34-20-24-16-22(2)18-26(28(24)36)30(6,7)8;;;;;;;;;/h9-18,21-24,27-28,35-36,45-46H,19-20,25-26H2,1-8H3;9-18,21-22,39-40H,19-20H2,1-8H3;15-20,35-36H,13-14H2,1-12H3;6*1H;;;/q;;;;;;;;;3*+2/p-6/t35-,36-;;;;;;;;;;;/m0.........../s1. The van der Waals surface area contributed by atoms with E-state index in [1.165, 1.54) is 11.1 Å². The van der Waals surface area contributed by atoms with Crippen LogP contribution in [0.3, 0.4) is 0 Å². The molecule has 6 N–H and O–H groups in total. The predicted octanol–water partition coefficient (Wildman–Crippen LogP) is 30.9. The molecule has 10 aromatic carbocycles. The monoisotopic (exact) mass is 2120 g/mol. The van der Waals surface area contributed by atoms with E-state index in [1.54, 1.807) is 12.4 Å². The molecule has 0 spiro atoms. The van der Waals surface area contributed by atoms with Crippen molar-refractivity contribution < 1.29 is 93.2 Å². The Morgan fingerprint density at radius 1 is 0.282 bits per heavy atom. The third kappa shape index (κ3) is 38.3. The zero-order chi connectivity index (χ0) is 98.5. The van der Waals surface area contributed by atoms with Crippen LogP contribution in [-0.2, 0) is 121 Å². The van der Waals surface area contributed by atoms with Crippen molar-refractivity contribution in [2.45, 2.75) is 301 Å². The Morgan fingerprint density at radius 3 is 0.710 bits per heavy atom. The van der Waals surface area contributed by atoms with Crippen molar-refractivity contribution in [1.82, 2.24) is 0 Å². The summed E-state index contributed by atoms with van der Waals surface area (Å²) in [7, 11) is 29.6. The van der Waals surface area contributed by atoms with Crippen molar-refractivity contribution >= 4 is 99.1 Å². The molecule has 21 heteroatoms. The molecule has 131 heavy (non-hydrogen) atoms. The molecule has 0 aliphatic heterocycles. The Balaban J connectivity index is 0.000000334. The van der Waals surface area contributed by atoms with Gasteiger partial charge in [-0.15, -0.1) is 0 Å². The fraction of sp³-hybridized carbons (Fsp3) is 0.418. The quantitative estimate of drug-likeness (QED) is 0.0326. The molecule has 0 fully saturated rings. The average molecular weight is 2130 g/mol. The molecule has 0 aliphatic carbocycles. The first kappa shape index (κ1) is 115. The van der Waals surface area contributed by atoms with Gasteiger partial charge in [-0.25, -0.2) is 0 Å². The first-order chi connectivity index (χ1) is 60.9. The van der Waals surface area contributed by atoms with Crippen LogP contribution in [0.1, 0.15) is 300 Å². The van der Waals surface area contributed by atoms with E-state index in [4.69, 9.17) is 81.0 Å². The van der Waals surface area contributed by atoms with E-state index < -0.39 is 62.5 Å². The Morgan fingerprint density at radius 2 is 0.489 bits per heavy atom. The van der Waals surface area contributed by atoms with Crippen molar-refractivity contribution in [2.75, 3.05) is 0 Å². The summed E-state index contributed by atoms with van der Waals surface area (Å²) >= 11 is -2.48. The molecule has 702 valence electrons. The second-order valence-electron chi connectivity index (χ2n) is 41.6. The second kappa shape index (κ2) is 52.3. The summed E-state index contributed by atoms with van der Waals surface area (Å²) < 4.78 is 0. The summed E-state index contributed by atoms with van der Waals surface area (Å²) in [6, 6.07) is 57.9. The first-order valence-electron chi connectivity index (χ1n) is 44.6. The van der Waals surface area contributed by atoms with Gasteiger partial charge in [-0.2, -0.15) is 0 Å². The van der Waals surface area contributed by atoms with Gasteiger partial charge < -0.3 is 30.6 Å². The topological polar surface area (TPSA) is 196 Å². The summed E-state index contributed by atoms with van der Waals surface area (Å²) in [5.74, 6) is 1.81. The molecule has 0 bridgehead atoms. The third-order valence-electron chi connectivity index (χ3n) is 22.4. The van der Waals surface area contributed by atoms with Gasteiger partial charge in [0.2, 0.25) is 0 Å². The molecule has 12 nitrogen and oxygen atoms in total. The molecular weight excluding hydrogens is 1990 g/mol. The van der Waals surface area contributed by atoms with Gasteiger partial charge in [0.05, 0.1) is 36.3 Å². The van der Waals surface area contributed by atoms with Crippen LogP contribution in [0.2, 0.25) is 0 Å². The van der Waals surface area contributed by atoms with E-state index in [0.29, 0.717) is 36.1 Å². The van der Waals surface area contributed by atoms with Gasteiger partial charge in [0.15, 0.2) is 0 Å². The maximum atomic E-state index is 11.2. The van der Waals surface area contributed by atoms with Crippen molar-refractivity contribution in [2.24, 2.45) is 30.0 Å². The maximum absolute atomic E-state index is 11.2. The van der Waals surface area contributed by atoms with Gasteiger partial charge in [-0.05, 0) is 255 Å². The van der Waals surface area contributed by atoms with E-state index in [9.17, 15) is 30.6 Å². The molecule has 0 amide bonds. The molecule has 0 heterocycles. The van der Waals surface area contributed by atoms with Crippen LogP contribution in [0.25, 0.3) is 10.8 Å². The molecule has 0 radical (unpaired) electrons. The van der Waals surface area contributed by atoms with Crippen molar-refractivity contribution in [3.05, 3.63) is 292 Å². The second-order valence-corrected chi connectivity index (χ2v) is 52.8. The number of phenols is 6. The average Bonchev–Trinajstić information content (AvgIpc) is 0.824. The number of hydrogen-bond acceptors (Lipinski definition) is 12. The van der Waals surface area contributed by atoms with Gasteiger partial charge in [-0.1, -0.05) is 246 Å². The first-order valence-corrected chi connectivity index (χ1v) is 63.6. The molecule has 10 aromatic rings. The molecule has 2 atom stereocenters. The van der Waals surface area contributed by atoms with Crippen LogP contribution in [0, 0.1) is 41.5 Å². The number of nitrogens with zero attached hydrogens (tertiary/aromatic N) is 6. The van der Waals surface area contributed by atoms with E-state index in [0.717, 1.165) is 161 Å². The van der Waals surface area contributed by atoms with Crippen LogP contribution in [0.4, 0.5) is 0 Å². The molecule has 0 saturated carbocycles. The SMILES string of the molecule is Cc1cc(C=NC(C)(C)CCC(C)(C)N=Cc2cc(C)cc(C(C)(C)C)c2O)c(O)c(C(C)(C)C)c1.Cc1cc(C=NCc2cc3ccccc3cc2CN=Cc2cc(C)cc(C(C)(C)C)c2O)c(O)c(C(C)(C)C)c1.Cc1cc(C=N[C@@H](CC[C@@H](Cc2ccccc2)N=Cc2cc(C)cc(C(C)(C)C)c2O)Cc2ccccc2)c(O)c(C(C)(C)C)c1.[Cl][Zr][Cl].[Cl][Zr][Cl].[Cl][Zr][Cl].